The molecule has 6 N–H and O–H groups in total. The lowest BCUT2D eigenvalue weighted by atomic mass is 10.1. The summed E-state index contributed by atoms with van der Waals surface area (Å²) in [5.41, 5.74) is 9.11. The fourth-order valence-electron chi connectivity index (χ4n) is 2.86. The summed E-state index contributed by atoms with van der Waals surface area (Å²) in [5.74, 6) is 0.788. The van der Waals surface area contributed by atoms with Gasteiger partial charge in [-0.25, -0.2) is 20.4 Å². The highest BCUT2D eigenvalue weighted by atomic mass is 16.6. The number of nitrogen functional groups attached to an aromatic ring is 1. The lowest BCUT2D eigenvalue weighted by molar-refractivity contribution is -0.0501. The maximum Gasteiger partial charge on any atom is 0.228 e. The summed E-state index contributed by atoms with van der Waals surface area (Å²) in [4.78, 5) is 12.3. The number of nitrogens with two attached hydrogens (primary N) is 1. The summed E-state index contributed by atoms with van der Waals surface area (Å²) in [6, 6.07) is 3.43. The molecule has 0 aliphatic carbocycles. The minimum Gasteiger partial charge on any atom is -0.463 e. The molecule has 12 nitrogen and oxygen atoms in total. The summed E-state index contributed by atoms with van der Waals surface area (Å²) >= 11 is 0. The van der Waals surface area contributed by atoms with Crippen molar-refractivity contribution in [2.75, 3.05) is 17.8 Å². The van der Waals surface area contributed by atoms with Crippen LogP contribution in [0.15, 0.2) is 34.2 Å². The molecule has 1 fully saturated rings. The molecule has 1 saturated heterocycles. The number of fused-ring (bicyclic) bond motifs is 1. The van der Waals surface area contributed by atoms with Crippen LogP contribution in [0.25, 0.3) is 11.2 Å². The molecule has 0 amide bonds. The molecule has 27 heavy (non-hydrogen) atoms. The van der Waals surface area contributed by atoms with Gasteiger partial charge in [0, 0.05) is 0 Å². The smallest absolute Gasteiger partial charge is 0.228 e. The number of anilines is 2. The highest BCUT2D eigenvalue weighted by Gasteiger charge is 2.45. The van der Waals surface area contributed by atoms with E-state index in [1.165, 1.54) is 23.4 Å². The van der Waals surface area contributed by atoms with Crippen LogP contribution < -0.4 is 11.2 Å². The third kappa shape index (κ3) is 3.00. The maximum absolute atomic E-state index is 10.4. The Hall–Kier alpha value is -3.06. The molecule has 0 aromatic carbocycles. The van der Waals surface area contributed by atoms with Gasteiger partial charge in [0.05, 0.1) is 19.1 Å². The number of hydrazone groups is 1. The quantitative estimate of drug-likeness (QED) is 0.276. The van der Waals surface area contributed by atoms with E-state index in [1.807, 2.05) is 0 Å². The molecular weight excluding hydrogens is 358 g/mol. The SMILES string of the molecule is Nc1ncnc2c1nc(NN=Cc1ccco1)n2[C@@H]1O[C@@H](CO)[C@@H](O)[C@@H]1O. The number of rotatable bonds is 5. The summed E-state index contributed by atoms with van der Waals surface area (Å²) in [6.07, 6.45) is -0.463. The number of hydrogen-bond donors (Lipinski definition) is 5. The first kappa shape index (κ1) is 17.4. The fourth-order valence-corrected chi connectivity index (χ4v) is 2.86. The van der Waals surface area contributed by atoms with Crippen LogP contribution >= 0.6 is 0 Å². The lowest BCUT2D eigenvalue weighted by Gasteiger charge is -2.18. The summed E-state index contributed by atoms with van der Waals surface area (Å²) in [5, 5.41) is 33.8. The second-order valence-electron chi connectivity index (χ2n) is 5.85. The van der Waals surface area contributed by atoms with E-state index in [-0.39, 0.29) is 22.9 Å². The van der Waals surface area contributed by atoms with Gasteiger partial charge < -0.3 is 30.2 Å². The first-order valence-electron chi connectivity index (χ1n) is 8.03. The van der Waals surface area contributed by atoms with Crippen molar-refractivity contribution in [3.8, 4) is 0 Å². The number of nitrogens with zero attached hydrogens (tertiary/aromatic N) is 5. The van der Waals surface area contributed by atoms with Gasteiger partial charge >= 0.3 is 0 Å². The van der Waals surface area contributed by atoms with E-state index in [4.69, 9.17) is 14.9 Å². The van der Waals surface area contributed by atoms with Gasteiger partial charge in [-0.15, -0.1) is 0 Å². The normalized spacial score (nSPS) is 25.6. The van der Waals surface area contributed by atoms with Crippen molar-refractivity contribution >= 4 is 29.1 Å². The Labute approximate surface area is 151 Å². The average Bonchev–Trinajstić information content (AvgIpc) is 3.36. The number of hydrogen-bond acceptors (Lipinski definition) is 11. The Morgan fingerprint density at radius 3 is 2.89 bits per heavy atom. The van der Waals surface area contributed by atoms with Gasteiger partial charge in [0.25, 0.3) is 0 Å². The summed E-state index contributed by atoms with van der Waals surface area (Å²) in [7, 11) is 0. The van der Waals surface area contributed by atoms with E-state index < -0.39 is 31.1 Å². The van der Waals surface area contributed by atoms with Crippen molar-refractivity contribution in [2.45, 2.75) is 24.5 Å². The topological polar surface area (TPSA) is 177 Å². The first-order valence-corrected chi connectivity index (χ1v) is 8.03. The van der Waals surface area contributed by atoms with E-state index in [0.29, 0.717) is 5.76 Å². The highest BCUT2D eigenvalue weighted by molar-refractivity contribution is 5.84. The van der Waals surface area contributed by atoms with Gasteiger partial charge in [-0.2, -0.15) is 5.10 Å². The van der Waals surface area contributed by atoms with E-state index in [1.54, 1.807) is 12.1 Å². The van der Waals surface area contributed by atoms with Gasteiger partial charge in [-0.3, -0.25) is 4.57 Å². The molecule has 0 bridgehead atoms. The van der Waals surface area contributed by atoms with Crippen molar-refractivity contribution in [1.29, 1.82) is 0 Å². The summed E-state index contributed by atoms with van der Waals surface area (Å²) < 4.78 is 12.1. The van der Waals surface area contributed by atoms with E-state index in [2.05, 4.69) is 25.5 Å². The Bertz CT molecular complexity index is 957. The van der Waals surface area contributed by atoms with Crippen LogP contribution in [0, 0.1) is 0 Å². The third-order valence-electron chi connectivity index (χ3n) is 4.18. The van der Waals surface area contributed by atoms with Gasteiger partial charge in [-0.05, 0) is 12.1 Å². The number of furan rings is 1. The van der Waals surface area contributed by atoms with Crippen LogP contribution in [0.2, 0.25) is 0 Å². The van der Waals surface area contributed by atoms with E-state index in [9.17, 15) is 15.3 Å². The zero-order valence-corrected chi connectivity index (χ0v) is 13.9. The first-order chi connectivity index (χ1) is 13.1. The maximum atomic E-state index is 10.4. The summed E-state index contributed by atoms with van der Waals surface area (Å²) in [6.45, 7) is -0.460. The Kier molecular flexibility index (Phi) is 4.45. The van der Waals surface area contributed by atoms with Crippen LogP contribution in [0.5, 0.6) is 0 Å². The molecule has 12 heteroatoms. The van der Waals surface area contributed by atoms with Crippen LogP contribution in [0.4, 0.5) is 11.8 Å². The number of aliphatic hydroxyl groups is 3. The van der Waals surface area contributed by atoms with Gasteiger partial charge in [0.2, 0.25) is 5.95 Å². The van der Waals surface area contributed by atoms with Gasteiger partial charge in [-0.1, -0.05) is 0 Å². The third-order valence-corrected chi connectivity index (χ3v) is 4.18. The van der Waals surface area contributed by atoms with Crippen molar-refractivity contribution < 1.29 is 24.5 Å². The van der Waals surface area contributed by atoms with Crippen LogP contribution in [-0.2, 0) is 4.74 Å². The Morgan fingerprint density at radius 2 is 2.19 bits per heavy atom. The number of imidazole rings is 1. The molecule has 0 saturated carbocycles. The number of nitrogens with one attached hydrogen (secondary N) is 1. The van der Waals surface area contributed by atoms with Crippen molar-refractivity contribution in [3.05, 3.63) is 30.5 Å². The number of aliphatic hydroxyl groups excluding tert-OH is 3. The van der Waals surface area contributed by atoms with Crippen LogP contribution in [-0.4, -0.2) is 66.0 Å². The Morgan fingerprint density at radius 1 is 1.33 bits per heavy atom. The molecule has 0 radical (unpaired) electrons. The molecule has 4 rings (SSSR count). The zero-order chi connectivity index (χ0) is 19.0. The van der Waals surface area contributed by atoms with Crippen molar-refractivity contribution in [1.82, 2.24) is 19.5 Å². The monoisotopic (exact) mass is 375 g/mol. The molecule has 3 aromatic heterocycles. The van der Waals surface area contributed by atoms with Crippen molar-refractivity contribution in [3.63, 3.8) is 0 Å². The molecule has 0 spiro atoms. The fraction of sp³-hybridized carbons (Fsp3) is 0.333. The zero-order valence-electron chi connectivity index (χ0n) is 13.9. The molecule has 1 aliphatic rings. The highest BCUT2D eigenvalue weighted by Crippen LogP contribution is 2.35. The molecule has 142 valence electrons. The second kappa shape index (κ2) is 6.92. The van der Waals surface area contributed by atoms with Crippen molar-refractivity contribution in [2.24, 2.45) is 5.10 Å². The lowest BCUT2D eigenvalue weighted by Crippen LogP contribution is -2.33. The molecule has 4 atom stereocenters. The molecule has 3 aromatic rings. The molecule has 1 aliphatic heterocycles. The van der Waals surface area contributed by atoms with E-state index >= 15 is 0 Å². The van der Waals surface area contributed by atoms with Gasteiger partial charge in [0.1, 0.15) is 30.4 Å². The largest absolute Gasteiger partial charge is 0.463 e. The average molecular weight is 375 g/mol. The standard InChI is InChI=1S/C15H17N7O5/c16-12-9-13(18-6-17-12)22(14-11(25)10(24)8(5-23)27-14)15(20-9)21-19-4-7-2-1-3-26-7/h1-4,6,8,10-11,14,23-25H,5H2,(H,20,21)(H2,16,17,18)/t8-,10+,11-,14+/m0/s1. The van der Waals surface area contributed by atoms with Gasteiger partial charge in [0.15, 0.2) is 23.2 Å². The minimum atomic E-state index is -1.33. The van der Waals surface area contributed by atoms with Crippen LogP contribution in [0.3, 0.4) is 0 Å². The van der Waals surface area contributed by atoms with Crippen LogP contribution in [0.1, 0.15) is 12.0 Å². The predicted octanol–water partition coefficient (Wildman–Crippen LogP) is -0.941. The minimum absolute atomic E-state index is 0.128. The predicted molar refractivity (Wildman–Crippen MR) is 92.7 cm³/mol. The molecule has 0 unspecified atom stereocenters. The Balaban J connectivity index is 1.74. The number of aromatic nitrogens is 4. The second-order valence-corrected chi connectivity index (χ2v) is 5.85. The number of ether oxygens (including phenoxy) is 1. The van der Waals surface area contributed by atoms with E-state index in [0.717, 1.165) is 0 Å². The molecular formula is C15H17N7O5. The molecule has 4 heterocycles.